The Balaban J connectivity index is 1.56. The minimum atomic E-state index is -0.976. The number of rotatable bonds is 3. The van der Waals surface area contributed by atoms with Gasteiger partial charge in [0.05, 0.1) is 0 Å². The Kier molecular flexibility index (Phi) is 5.17. The molecule has 1 aliphatic heterocycles. The van der Waals surface area contributed by atoms with Crippen molar-refractivity contribution < 1.29 is 14.7 Å². The summed E-state index contributed by atoms with van der Waals surface area (Å²) in [4.78, 5) is 31.7. The van der Waals surface area contributed by atoms with Crippen LogP contribution in [0.15, 0.2) is 18.3 Å². The topological polar surface area (TPSA) is 85.8 Å². The van der Waals surface area contributed by atoms with Gasteiger partial charge in [-0.2, -0.15) is 0 Å². The molecule has 2 fully saturated rings. The number of carboxylic acid groups (broad SMARTS) is 1. The smallest absolute Gasteiger partial charge is 0.339 e. The van der Waals surface area contributed by atoms with E-state index >= 15 is 0 Å². The number of nitrogens with one attached hydrogen (secondary N) is 1. The van der Waals surface area contributed by atoms with Gasteiger partial charge in [0.25, 0.3) is 0 Å². The molecule has 130 valence electrons. The summed E-state index contributed by atoms with van der Waals surface area (Å²) in [6.45, 7) is 2.34. The quantitative estimate of drug-likeness (QED) is 0.883. The Bertz CT molecular complexity index is 593. The van der Waals surface area contributed by atoms with Crippen LogP contribution in [0.1, 0.15) is 42.5 Å². The minimum absolute atomic E-state index is 0.000953. The van der Waals surface area contributed by atoms with Crippen molar-refractivity contribution >= 4 is 17.8 Å². The average molecular weight is 332 g/mol. The third kappa shape index (κ3) is 3.77. The summed E-state index contributed by atoms with van der Waals surface area (Å²) in [7, 11) is 0. The zero-order chi connectivity index (χ0) is 16.9. The normalized spacial score (nSPS) is 19.2. The van der Waals surface area contributed by atoms with Gasteiger partial charge in [0, 0.05) is 38.4 Å². The first-order chi connectivity index (χ1) is 11.6. The fraction of sp³-hybridized carbons (Fsp3) is 0.588. The molecule has 1 aromatic rings. The summed E-state index contributed by atoms with van der Waals surface area (Å²) < 4.78 is 0. The standard InChI is InChI=1S/C17H24N4O3/c22-16(23)14-7-4-8-18-15(14)20-9-11-21(12-10-20)17(24)19-13-5-2-1-3-6-13/h4,7-8,13H,1-3,5-6,9-12H2,(H,19,24)(H,22,23). The van der Waals surface area contributed by atoms with Gasteiger partial charge in [-0.25, -0.2) is 14.6 Å². The Morgan fingerprint density at radius 1 is 1.12 bits per heavy atom. The number of aromatic nitrogens is 1. The van der Waals surface area contributed by atoms with Crippen molar-refractivity contribution in [3.63, 3.8) is 0 Å². The molecule has 2 amide bonds. The summed E-state index contributed by atoms with van der Waals surface area (Å²) in [5.41, 5.74) is 0.206. The number of urea groups is 1. The lowest BCUT2D eigenvalue weighted by Crippen LogP contribution is -2.54. The number of anilines is 1. The van der Waals surface area contributed by atoms with Crippen molar-refractivity contribution in [3.8, 4) is 0 Å². The van der Waals surface area contributed by atoms with Crippen LogP contribution < -0.4 is 10.2 Å². The molecular formula is C17H24N4O3. The number of carbonyl (C=O) groups is 2. The van der Waals surface area contributed by atoms with Crippen LogP contribution >= 0.6 is 0 Å². The molecule has 7 nitrogen and oxygen atoms in total. The van der Waals surface area contributed by atoms with Crippen molar-refractivity contribution in [1.82, 2.24) is 15.2 Å². The Labute approximate surface area is 141 Å². The van der Waals surface area contributed by atoms with Crippen molar-refractivity contribution in [1.29, 1.82) is 0 Å². The van der Waals surface area contributed by atoms with Crippen molar-refractivity contribution in [2.24, 2.45) is 0 Å². The number of carboxylic acids is 1. The van der Waals surface area contributed by atoms with Crippen LogP contribution in [-0.2, 0) is 0 Å². The summed E-state index contributed by atoms with van der Waals surface area (Å²) >= 11 is 0. The maximum absolute atomic E-state index is 12.4. The SMILES string of the molecule is O=C(O)c1cccnc1N1CCN(C(=O)NC2CCCCC2)CC1. The van der Waals surface area contributed by atoms with Crippen molar-refractivity contribution in [3.05, 3.63) is 23.9 Å². The third-order valence-corrected chi connectivity index (χ3v) is 4.82. The van der Waals surface area contributed by atoms with Crippen LogP contribution in [-0.4, -0.2) is 59.2 Å². The monoisotopic (exact) mass is 332 g/mol. The number of pyridine rings is 1. The summed E-state index contributed by atoms with van der Waals surface area (Å²) in [5, 5.41) is 12.4. The Hall–Kier alpha value is -2.31. The number of nitrogens with zero attached hydrogens (tertiary/aromatic N) is 3. The summed E-state index contributed by atoms with van der Waals surface area (Å²) in [6.07, 6.45) is 7.39. The molecule has 1 saturated carbocycles. The molecule has 2 N–H and O–H groups in total. The van der Waals surface area contributed by atoms with E-state index < -0.39 is 5.97 Å². The molecule has 0 unspecified atom stereocenters. The van der Waals surface area contributed by atoms with E-state index in [9.17, 15) is 14.7 Å². The largest absolute Gasteiger partial charge is 0.478 e. The van der Waals surface area contributed by atoms with Gasteiger partial charge in [-0.1, -0.05) is 19.3 Å². The lowest BCUT2D eigenvalue weighted by Gasteiger charge is -2.36. The van der Waals surface area contributed by atoms with Gasteiger partial charge < -0.3 is 20.2 Å². The zero-order valence-corrected chi connectivity index (χ0v) is 13.8. The highest BCUT2D eigenvalue weighted by Gasteiger charge is 2.26. The van der Waals surface area contributed by atoms with E-state index in [0.717, 1.165) is 12.8 Å². The highest BCUT2D eigenvalue weighted by Crippen LogP contribution is 2.20. The minimum Gasteiger partial charge on any atom is -0.478 e. The predicted octanol–water partition coefficient (Wildman–Crippen LogP) is 1.94. The second kappa shape index (κ2) is 7.51. The van der Waals surface area contributed by atoms with E-state index in [0.29, 0.717) is 38.0 Å². The van der Waals surface area contributed by atoms with Gasteiger partial charge in [0.1, 0.15) is 11.4 Å². The summed E-state index contributed by atoms with van der Waals surface area (Å²) in [5.74, 6) is -0.493. The molecule has 24 heavy (non-hydrogen) atoms. The number of aromatic carboxylic acids is 1. The van der Waals surface area contributed by atoms with Crippen LogP contribution in [0, 0.1) is 0 Å². The maximum atomic E-state index is 12.4. The number of amides is 2. The molecule has 1 saturated heterocycles. The average Bonchev–Trinajstić information content (AvgIpc) is 2.62. The number of carbonyl (C=O) groups excluding carboxylic acids is 1. The van der Waals surface area contributed by atoms with Gasteiger partial charge in [-0.3, -0.25) is 0 Å². The molecule has 0 spiro atoms. The number of hydrogen-bond acceptors (Lipinski definition) is 4. The maximum Gasteiger partial charge on any atom is 0.339 e. The molecule has 0 aromatic carbocycles. The zero-order valence-electron chi connectivity index (χ0n) is 13.8. The second-order valence-corrected chi connectivity index (χ2v) is 6.44. The van der Waals surface area contributed by atoms with Gasteiger partial charge in [-0.15, -0.1) is 0 Å². The van der Waals surface area contributed by atoms with Crippen LogP contribution in [0.3, 0.4) is 0 Å². The molecule has 2 aliphatic rings. The molecule has 0 bridgehead atoms. The van der Waals surface area contributed by atoms with E-state index in [-0.39, 0.29) is 11.6 Å². The van der Waals surface area contributed by atoms with Gasteiger partial charge >= 0.3 is 12.0 Å². The highest BCUT2D eigenvalue weighted by molar-refractivity contribution is 5.93. The fourth-order valence-electron chi connectivity index (χ4n) is 3.45. The van der Waals surface area contributed by atoms with Crippen molar-refractivity contribution in [2.45, 2.75) is 38.1 Å². The molecule has 0 radical (unpaired) electrons. The first-order valence-corrected chi connectivity index (χ1v) is 8.64. The van der Waals surface area contributed by atoms with E-state index in [1.165, 1.54) is 19.3 Å². The van der Waals surface area contributed by atoms with Gasteiger partial charge in [0.15, 0.2) is 0 Å². The molecular weight excluding hydrogens is 308 g/mol. The molecule has 1 aliphatic carbocycles. The number of hydrogen-bond donors (Lipinski definition) is 2. The first kappa shape index (κ1) is 16.5. The Morgan fingerprint density at radius 2 is 1.83 bits per heavy atom. The van der Waals surface area contributed by atoms with E-state index in [1.807, 2.05) is 9.80 Å². The van der Waals surface area contributed by atoms with Gasteiger partial charge in [-0.05, 0) is 25.0 Å². The van der Waals surface area contributed by atoms with Crippen molar-refractivity contribution in [2.75, 3.05) is 31.1 Å². The van der Waals surface area contributed by atoms with E-state index in [1.54, 1.807) is 18.3 Å². The van der Waals surface area contributed by atoms with Gasteiger partial charge in [0.2, 0.25) is 0 Å². The molecule has 0 atom stereocenters. The molecule has 1 aromatic heterocycles. The molecule has 2 heterocycles. The second-order valence-electron chi connectivity index (χ2n) is 6.44. The highest BCUT2D eigenvalue weighted by atomic mass is 16.4. The lowest BCUT2D eigenvalue weighted by molar-refractivity contribution is 0.0696. The number of piperazine rings is 1. The van der Waals surface area contributed by atoms with E-state index in [4.69, 9.17) is 0 Å². The first-order valence-electron chi connectivity index (χ1n) is 8.64. The Morgan fingerprint density at radius 3 is 2.50 bits per heavy atom. The van der Waals surface area contributed by atoms with E-state index in [2.05, 4.69) is 10.3 Å². The van der Waals surface area contributed by atoms with Crippen LogP contribution in [0.2, 0.25) is 0 Å². The molecule has 3 rings (SSSR count). The predicted molar refractivity (Wildman–Crippen MR) is 90.4 cm³/mol. The van der Waals surface area contributed by atoms with Crippen LogP contribution in [0.5, 0.6) is 0 Å². The lowest BCUT2D eigenvalue weighted by atomic mass is 9.96. The summed E-state index contributed by atoms with van der Waals surface area (Å²) in [6, 6.07) is 3.49. The van der Waals surface area contributed by atoms with Crippen LogP contribution in [0.4, 0.5) is 10.6 Å². The molecule has 7 heteroatoms. The third-order valence-electron chi connectivity index (χ3n) is 4.82. The van der Waals surface area contributed by atoms with Crippen LogP contribution in [0.25, 0.3) is 0 Å². The fourth-order valence-corrected chi connectivity index (χ4v) is 3.45.